The van der Waals surface area contributed by atoms with Crippen molar-refractivity contribution in [1.82, 2.24) is 0 Å². The van der Waals surface area contributed by atoms with Gasteiger partial charge in [0.2, 0.25) is 0 Å². The fourth-order valence-corrected chi connectivity index (χ4v) is 1.64. The first-order valence-electron chi connectivity index (χ1n) is 4.74. The highest BCUT2D eigenvalue weighted by molar-refractivity contribution is 9.08. The topological polar surface area (TPSA) is 18.5 Å². The fraction of sp³-hybridized carbons (Fsp3) is 0.455. The Kier molecular flexibility index (Phi) is 5.65. The number of rotatable bonds is 6. The average Bonchev–Trinajstić information content (AvgIpc) is 2.26. The van der Waals surface area contributed by atoms with Crippen LogP contribution in [0.2, 0.25) is 0 Å². The predicted molar refractivity (Wildman–Crippen MR) is 61.0 cm³/mol. The van der Waals surface area contributed by atoms with E-state index < -0.39 is 0 Å². The standard InChI is InChI=1S/C11H14BrFO2/c1-14-6-3-7-15-11-9(8-12)4-2-5-10(11)13/h2,4-5H,3,6-8H2,1H3. The van der Waals surface area contributed by atoms with Crippen molar-refractivity contribution in [3.8, 4) is 5.75 Å². The monoisotopic (exact) mass is 276 g/mol. The second kappa shape index (κ2) is 6.80. The number of hydrogen-bond donors (Lipinski definition) is 0. The van der Waals surface area contributed by atoms with Crippen LogP contribution in [0.3, 0.4) is 0 Å². The third-order valence-corrected chi connectivity index (χ3v) is 2.54. The molecule has 0 heterocycles. The van der Waals surface area contributed by atoms with Gasteiger partial charge in [-0.15, -0.1) is 0 Å². The maximum absolute atomic E-state index is 13.4. The van der Waals surface area contributed by atoms with E-state index in [9.17, 15) is 4.39 Å². The van der Waals surface area contributed by atoms with Crippen LogP contribution in [-0.2, 0) is 10.1 Å². The highest BCUT2D eigenvalue weighted by atomic mass is 79.9. The molecule has 1 rings (SSSR count). The fourth-order valence-electron chi connectivity index (χ4n) is 1.20. The molecule has 0 aliphatic carbocycles. The first-order chi connectivity index (χ1) is 7.29. The Hall–Kier alpha value is -0.610. The molecule has 1 aromatic rings. The summed E-state index contributed by atoms with van der Waals surface area (Å²) in [6, 6.07) is 4.91. The van der Waals surface area contributed by atoms with E-state index in [1.54, 1.807) is 13.2 Å². The average molecular weight is 277 g/mol. The van der Waals surface area contributed by atoms with Crippen molar-refractivity contribution in [3.63, 3.8) is 0 Å². The lowest BCUT2D eigenvalue weighted by Gasteiger charge is -2.10. The molecule has 84 valence electrons. The van der Waals surface area contributed by atoms with Crippen molar-refractivity contribution in [2.75, 3.05) is 20.3 Å². The van der Waals surface area contributed by atoms with E-state index in [4.69, 9.17) is 9.47 Å². The van der Waals surface area contributed by atoms with Crippen LogP contribution < -0.4 is 4.74 Å². The molecule has 0 aliphatic heterocycles. The number of ether oxygens (including phenoxy) is 2. The molecule has 0 unspecified atom stereocenters. The number of hydrogen-bond acceptors (Lipinski definition) is 2. The van der Waals surface area contributed by atoms with E-state index in [-0.39, 0.29) is 5.82 Å². The molecule has 0 saturated heterocycles. The minimum absolute atomic E-state index is 0.315. The smallest absolute Gasteiger partial charge is 0.165 e. The number of para-hydroxylation sites is 1. The van der Waals surface area contributed by atoms with E-state index in [2.05, 4.69) is 15.9 Å². The summed E-state index contributed by atoms with van der Waals surface area (Å²) in [6.45, 7) is 1.09. The van der Waals surface area contributed by atoms with E-state index in [0.29, 0.717) is 24.3 Å². The molecule has 0 bridgehead atoms. The second-order valence-corrected chi connectivity index (χ2v) is 3.62. The highest BCUT2D eigenvalue weighted by Crippen LogP contribution is 2.24. The Morgan fingerprint density at radius 2 is 2.13 bits per heavy atom. The molecule has 0 aromatic heterocycles. The third kappa shape index (κ3) is 3.80. The molecule has 0 N–H and O–H groups in total. The van der Waals surface area contributed by atoms with Gasteiger partial charge in [-0.2, -0.15) is 0 Å². The minimum atomic E-state index is -0.315. The lowest BCUT2D eigenvalue weighted by Crippen LogP contribution is -2.04. The zero-order valence-corrected chi connectivity index (χ0v) is 10.2. The van der Waals surface area contributed by atoms with Crippen molar-refractivity contribution >= 4 is 15.9 Å². The van der Waals surface area contributed by atoms with E-state index in [1.807, 2.05) is 6.07 Å². The normalized spacial score (nSPS) is 10.3. The summed E-state index contributed by atoms with van der Waals surface area (Å²) in [5.41, 5.74) is 0.826. The summed E-state index contributed by atoms with van der Waals surface area (Å²) >= 11 is 3.29. The van der Waals surface area contributed by atoms with Gasteiger partial charge in [-0.05, 0) is 6.07 Å². The summed E-state index contributed by atoms with van der Waals surface area (Å²) in [6.07, 6.45) is 0.757. The van der Waals surface area contributed by atoms with Gasteiger partial charge in [0, 0.05) is 31.0 Å². The van der Waals surface area contributed by atoms with Crippen LogP contribution in [0.15, 0.2) is 18.2 Å². The number of benzene rings is 1. The SMILES string of the molecule is COCCCOc1c(F)cccc1CBr. The molecule has 2 nitrogen and oxygen atoms in total. The summed E-state index contributed by atoms with van der Waals surface area (Å²) in [5.74, 6) is 0.0230. The van der Waals surface area contributed by atoms with Crippen LogP contribution in [0.4, 0.5) is 4.39 Å². The molecule has 0 spiro atoms. The zero-order valence-electron chi connectivity index (χ0n) is 8.63. The van der Waals surface area contributed by atoms with Gasteiger partial charge < -0.3 is 9.47 Å². The van der Waals surface area contributed by atoms with Crippen molar-refractivity contribution in [3.05, 3.63) is 29.6 Å². The molecular formula is C11H14BrFO2. The Morgan fingerprint density at radius 1 is 1.33 bits per heavy atom. The minimum Gasteiger partial charge on any atom is -0.490 e. The van der Waals surface area contributed by atoms with Crippen molar-refractivity contribution in [2.45, 2.75) is 11.8 Å². The molecular weight excluding hydrogens is 263 g/mol. The summed E-state index contributed by atoms with van der Waals surface area (Å²) < 4.78 is 23.6. The van der Waals surface area contributed by atoms with E-state index >= 15 is 0 Å². The number of methoxy groups -OCH3 is 1. The van der Waals surface area contributed by atoms with Crippen LogP contribution >= 0.6 is 15.9 Å². The summed E-state index contributed by atoms with van der Waals surface area (Å²) in [7, 11) is 1.63. The quantitative estimate of drug-likeness (QED) is 0.587. The van der Waals surface area contributed by atoms with Crippen LogP contribution in [0.5, 0.6) is 5.75 Å². The molecule has 15 heavy (non-hydrogen) atoms. The van der Waals surface area contributed by atoms with Gasteiger partial charge in [-0.3, -0.25) is 0 Å². The van der Waals surface area contributed by atoms with Gasteiger partial charge >= 0.3 is 0 Å². The van der Waals surface area contributed by atoms with Gasteiger partial charge in [-0.1, -0.05) is 28.1 Å². The van der Waals surface area contributed by atoms with Gasteiger partial charge in [0.05, 0.1) is 6.61 Å². The molecule has 0 amide bonds. The maximum Gasteiger partial charge on any atom is 0.165 e. The molecule has 0 saturated carbocycles. The van der Waals surface area contributed by atoms with Crippen LogP contribution in [0, 0.1) is 5.82 Å². The first-order valence-corrected chi connectivity index (χ1v) is 5.87. The molecule has 0 aliphatic rings. The third-order valence-electron chi connectivity index (χ3n) is 1.93. The summed E-state index contributed by atoms with van der Waals surface area (Å²) in [5, 5.41) is 0.588. The molecule has 0 atom stereocenters. The zero-order chi connectivity index (χ0) is 11.1. The second-order valence-electron chi connectivity index (χ2n) is 3.06. The number of alkyl halides is 1. The predicted octanol–water partition coefficient (Wildman–Crippen LogP) is 3.14. The Balaban J connectivity index is 2.58. The largest absolute Gasteiger partial charge is 0.490 e. The summed E-state index contributed by atoms with van der Waals surface area (Å²) in [4.78, 5) is 0. The van der Waals surface area contributed by atoms with E-state index in [0.717, 1.165) is 12.0 Å². The molecule has 0 radical (unpaired) electrons. The first kappa shape index (κ1) is 12.5. The lowest BCUT2D eigenvalue weighted by atomic mass is 10.2. The Morgan fingerprint density at radius 3 is 2.80 bits per heavy atom. The van der Waals surface area contributed by atoms with Crippen LogP contribution in [-0.4, -0.2) is 20.3 Å². The van der Waals surface area contributed by atoms with Gasteiger partial charge in [0.15, 0.2) is 11.6 Å². The van der Waals surface area contributed by atoms with Crippen LogP contribution in [0.1, 0.15) is 12.0 Å². The van der Waals surface area contributed by atoms with Crippen molar-refractivity contribution < 1.29 is 13.9 Å². The van der Waals surface area contributed by atoms with Crippen LogP contribution in [0.25, 0.3) is 0 Å². The van der Waals surface area contributed by atoms with Crippen molar-refractivity contribution in [2.24, 2.45) is 0 Å². The van der Waals surface area contributed by atoms with Gasteiger partial charge in [0.1, 0.15) is 0 Å². The Labute approximate surface area is 97.5 Å². The molecule has 4 heteroatoms. The molecule has 1 aromatic carbocycles. The van der Waals surface area contributed by atoms with E-state index in [1.165, 1.54) is 6.07 Å². The van der Waals surface area contributed by atoms with Crippen molar-refractivity contribution in [1.29, 1.82) is 0 Å². The number of halogens is 2. The Bertz CT molecular complexity index is 305. The maximum atomic E-state index is 13.4. The van der Waals surface area contributed by atoms with Gasteiger partial charge in [0.25, 0.3) is 0 Å². The molecule has 0 fully saturated rings. The highest BCUT2D eigenvalue weighted by Gasteiger charge is 2.08. The van der Waals surface area contributed by atoms with Gasteiger partial charge in [-0.25, -0.2) is 4.39 Å². The lowest BCUT2D eigenvalue weighted by molar-refractivity contribution is 0.170.